The van der Waals surface area contributed by atoms with Crippen molar-refractivity contribution in [2.24, 2.45) is 5.73 Å². The van der Waals surface area contributed by atoms with E-state index in [0.29, 0.717) is 5.75 Å². The van der Waals surface area contributed by atoms with Gasteiger partial charge in [0, 0.05) is 23.3 Å². The summed E-state index contributed by atoms with van der Waals surface area (Å²) in [6.45, 7) is 1.73. The summed E-state index contributed by atoms with van der Waals surface area (Å²) in [4.78, 5) is 38.0. The number of thiophene rings is 1. The fourth-order valence-corrected chi connectivity index (χ4v) is 5.07. The lowest BCUT2D eigenvalue weighted by molar-refractivity contribution is -0.164. The highest BCUT2D eigenvalue weighted by molar-refractivity contribution is 8.00. The van der Waals surface area contributed by atoms with Gasteiger partial charge >= 0.3 is 5.97 Å². The lowest BCUT2D eigenvalue weighted by atomic mass is 10.1. The highest BCUT2D eigenvalue weighted by Crippen LogP contribution is 2.39. The topological polar surface area (TPSA) is 98.9 Å². The molecule has 1 aromatic heterocycles. The molecule has 0 saturated carbocycles. The molecule has 3 rings (SSSR count). The Bertz CT molecular complexity index is 745. The molecule has 1 fully saturated rings. The van der Waals surface area contributed by atoms with Crippen LogP contribution in [-0.2, 0) is 30.3 Å². The van der Waals surface area contributed by atoms with Gasteiger partial charge in [-0.2, -0.15) is 0 Å². The maximum atomic E-state index is 12.5. The number of carbonyl (C=O) groups excluding carboxylic acids is 3. The predicted molar refractivity (Wildman–Crippen MR) is 93.7 cm³/mol. The van der Waals surface area contributed by atoms with E-state index in [4.69, 9.17) is 15.2 Å². The van der Waals surface area contributed by atoms with E-state index in [1.54, 1.807) is 24.8 Å². The zero-order valence-corrected chi connectivity index (χ0v) is 15.4. The van der Waals surface area contributed by atoms with Crippen molar-refractivity contribution in [1.82, 2.24) is 4.90 Å². The molecule has 7 nitrogen and oxygen atoms in total. The summed E-state index contributed by atoms with van der Waals surface area (Å²) in [6, 6.07) is 1.81. The minimum Gasteiger partial charge on any atom is -0.453 e. The summed E-state index contributed by atoms with van der Waals surface area (Å²) in [5, 5.41) is 1.64. The predicted octanol–water partition coefficient (Wildman–Crippen LogP) is 1.19. The number of carbonyl (C=O) groups is 3. The maximum absolute atomic E-state index is 12.5. The van der Waals surface area contributed by atoms with Crippen molar-refractivity contribution in [2.45, 2.75) is 30.9 Å². The summed E-state index contributed by atoms with van der Waals surface area (Å²) < 4.78 is 10.7. The summed E-state index contributed by atoms with van der Waals surface area (Å²) in [6.07, 6.45) is 0.739. The first-order valence-corrected chi connectivity index (χ1v) is 9.60. The highest BCUT2D eigenvalue weighted by atomic mass is 32.2. The SMILES string of the molecule is COC1C(=O)N2C(C(=O)OC(C)c3ccsc3CC(N)=O)=CCS[C@@H]12. The average Bonchev–Trinajstić information content (AvgIpc) is 3.01. The third-order valence-corrected chi connectivity index (χ3v) is 6.19. The fourth-order valence-electron chi connectivity index (χ4n) is 2.88. The van der Waals surface area contributed by atoms with Crippen molar-refractivity contribution in [3.63, 3.8) is 0 Å². The van der Waals surface area contributed by atoms with Gasteiger partial charge in [0.1, 0.15) is 17.2 Å². The molecule has 0 bridgehead atoms. The second-order valence-electron chi connectivity index (χ2n) is 5.67. The third kappa shape index (κ3) is 3.31. The normalized spacial score (nSPS) is 23.4. The quantitative estimate of drug-likeness (QED) is 0.586. The minimum absolute atomic E-state index is 0.108. The first-order chi connectivity index (χ1) is 11.9. The third-order valence-electron chi connectivity index (χ3n) is 4.10. The zero-order valence-electron chi connectivity index (χ0n) is 13.8. The molecule has 1 saturated heterocycles. The molecular weight excluding hydrogens is 364 g/mol. The number of hydrogen-bond donors (Lipinski definition) is 1. The van der Waals surface area contributed by atoms with E-state index >= 15 is 0 Å². The number of esters is 1. The zero-order chi connectivity index (χ0) is 18.1. The number of rotatable bonds is 6. The number of amides is 2. The van der Waals surface area contributed by atoms with E-state index in [2.05, 4.69) is 0 Å². The summed E-state index contributed by atoms with van der Waals surface area (Å²) in [7, 11) is 1.48. The van der Waals surface area contributed by atoms with Gasteiger partial charge in [-0.05, 0) is 24.4 Å². The molecule has 2 amide bonds. The molecule has 0 radical (unpaired) electrons. The van der Waals surface area contributed by atoms with Gasteiger partial charge in [0.05, 0.1) is 6.42 Å². The van der Waals surface area contributed by atoms with Crippen LogP contribution in [0.2, 0.25) is 0 Å². The van der Waals surface area contributed by atoms with Crippen LogP contribution >= 0.6 is 23.1 Å². The molecule has 2 N–H and O–H groups in total. The van der Waals surface area contributed by atoms with Gasteiger partial charge < -0.3 is 15.2 Å². The monoisotopic (exact) mass is 382 g/mol. The molecular formula is C16H18N2O5S2. The number of β-lactam (4-membered cyclic amide) rings is 1. The van der Waals surface area contributed by atoms with Gasteiger partial charge in [-0.25, -0.2) is 4.79 Å². The van der Waals surface area contributed by atoms with Crippen molar-refractivity contribution in [3.05, 3.63) is 33.7 Å². The Morgan fingerprint density at radius 1 is 1.48 bits per heavy atom. The number of nitrogens with zero attached hydrogens (tertiary/aromatic N) is 1. The average molecular weight is 382 g/mol. The Morgan fingerprint density at radius 3 is 2.92 bits per heavy atom. The first kappa shape index (κ1) is 18.0. The van der Waals surface area contributed by atoms with Crippen molar-refractivity contribution < 1.29 is 23.9 Å². The Kier molecular flexibility index (Phi) is 5.16. The number of fused-ring (bicyclic) bond motifs is 1. The van der Waals surface area contributed by atoms with Crippen LogP contribution in [0.4, 0.5) is 0 Å². The van der Waals surface area contributed by atoms with Gasteiger partial charge in [0.2, 0.25) is 5.91 Å². The maximum Gasteiger partial charge on any atom is 0.355 e. The van der Waals surface area contributed by atoms with Crippen LogP contribution in [0.1, 0.15) is 23.5 Å². The van der Waals surface area contributed by atoms with Gasteiger partial charge in [-0.15, -0.1) is 23.1 Å². The van der Waals surface area contributed by atoms with Crippen LogP contribution in [0.15, 0.2) is 23.2 Å². The first-order valence-electron chi connectivity index (χ1n) is 7.67. The van der Waals surface area contributed by atoms with Crippen molar-refractivity contribution in [2.75, 3.05) is 12.9 Å². The Morgan fingerprint density at radius 2 is 2.24 bits per heavy atom. The molecule has 2 aliphatic heterocycles. The molecule has 2 aliphatic rings. The highest BCUT2D eigenvalue weighted by Gasteiger charge is 2.52. The molecule has 0 spiro atoms. The van der Waals surface area contributed by atoms with E-state index in [1.165, 1.54) is 23.3 Å². The number of hydrogen-bond acceptors (Lipinski definition) is 7. The van der Waals surface area contributed by atoms with Crippen molar-refractivity contribution in [3.8, 4) is 0 Å². The van der Waals surface area contributed by atoms with Crippen molar-refractivity contribution >= 4 is 40.9 Å². The molecule has 134 valence electrons. The summed E-state index contributed by atoms with van der Waals surface area (Å²) >= 11 is 2.94. The molecule has 9 heteroatoms. The Hall–Kier alpha value is -1.84. The van der Waals surface area contributed by atoms with Crippen LogP contribution in [0.5, 0.6) is 0 Å². The molecule has 25 heavy (non-hydrogen) atoms. The van der Waals surface area contributed by atoms with Gasteiger partial charge in [-0.3, -0.25) is 14.5 Å². The second-order valence-corrected chi connectivity index (χ2v) is 7.82. The van der Waals surface area contributed by atoms with Crippen LogP contribution in [0, 0.1) is 0 Å². The Balaban J connectivity index is 1.70. The number of primary amides is 1. The molecule has 3 heterocycles. The number of thioether (sulfide) groups is 1. The molecule has 2 unspecified atom stereocenters. The number of ether oxygens (including phenoxy) is 2. The number of methoxy groups -OCH3 is 1. The summed E-state index contributed by atoms with van der Waals surface area (Å²) in [5.74, 6) is -0.621. The van der Waals surface area contributed by atoms with Crippen LogP contribution in [0.3, 0.4) is 0 Å². The minimum atomic E-state index is -0.558. The number of nitrogens with two attached hydrogens (primary N) is 1. The molecule has 1 aromatic rings. The summed E-state index contributed by atoms with van der Waals surface area (Å²) in [5.41, 5.74) is 6.25. The molecule has 3 atom stereocenters. The smallest absolute Gasteiger partial charge is 0.355 e. The van der Waals surface area contributed by atoms with E-state index in [-0.39, 0.29) is 23.4 Å². The van der Waals surface area contributed by atoms with E-state index < -0.39 is 24.1 Å². The van der Waals surface area contributed by atoms with Gasteiger partial charge in [0.15, 0.2) is 6.10 Å². The van der Waals surface area contributed by atoms with Crippen LogP contribution in [-0.4, -0.2) is 47.0 Å². The Labute approximate surface area is 153 Å². The van der Waals surface area contributed by atoms with E-state index in [0.717, 1.165) is 10.4 Å². The van der Waals surface area contributed by atoms with Gasteiger partial charge in [-0.1, -0.05) is 0 Å². The van der Waals surface area contributed by atoms with E-state index in [9.17, 15) is 14.4 Å². The van der Waals surface area contributed by atoms with Crippen LogP contribution in [0.25, 0.3) is 0 Å². The molecule has 0 aliphatic carbocycles. The fraction of sp³-hybridized carbons (Fsp3) is 0.438. The van der Waals surface area contributed by atoms with Crippen molar-refractivity contribution in [1.29, 1.82) is 0 Å². The second kappa shape index (κ2) is 7.19. The standard InChI is InChI=1S/C16H18N2O5S2/c1-8(9-3-5-24-11(9)7-12(17)19)23-16(21)10-4-6-25-15-13(22-2)14(20)18(10)15/h3-5,8,13,15H,6-7H2,1-2H3,(H2,17,19)/t8?,13?,15-/m0/s1. The van der Waals surface area contributed by atoms with Crippen LogP contribution < -0.4 is 5.73 Å². The van der Waals surface area contributed by atoms with E-state index in [1.807, 2.05) is 11.4 Å². The lowest BCUT2D eigenvalue weighted by Crippen LogP contribution is -2.65. The molecule has 0 aromatic carbocycles. The van der Waals surface area contributed by atoms with Gasteiger partial charge in [0.25, 0.3) is 5.91 Å². The largest absolute Gasteiger partial charge is 0.453 e. The lowest BCUT2D eigenvalue weighted by Gasteiger charge is -2.47.